The number of Topliss-reactive ketones (excluding diaryl/α,β-unsaturated/α-hetero) is 1. The Morgan fingerprint density at radius 2 is 2.38 bits per heavy atom. The first-order valence-electron chi connectivity index (χ1n) is 7.07. The minimum Gasteiger partial charge on any atom is -0.376 e. The van der Waals surface area contributed by atoms with E-state index in [1.807, 2.05) is 0 Å². The molecular formula is C14H20N2O4S. The standard InChI is InChI=1S/C14H20N2O4S/c1-9(17)12-8-21-14(15-12)16-13(18)10(2)20-7-11-5-3-4-6-19-11/h8,10-11H,3-7H2,1-2H3,(H,15,16,18). The van der Waals surface area contributed by atoms with E-state index in [0.717, 1.165) is 25.9 Å². The summed E-state index contributed by atoms with van der Waals surface area (Å²) < 4.78 is 11.1. The number of thiazole rings is 1. The third-order valence-corrected chi connectivity index (χ3v) is 4.03. The summed E-state index contributed by atoms with van der Waals surface area (Å²) in [5, 5.41) is 4.69. The van der Waals surface area contributed by atoms with Crippen molar-refractivity contribution in [1.29, 1.82) is 0 Å². The van der Waals surface area contributed by atoms with Crippen LogP contribution in [0.5, 0.6) is 0 Å². The molecule has 1 aromatic heterocycles. The van der Waals surface area contributed by atoms with Crippen molar-refractivity contribution in [2.75, 3.05) is 18.5 Å². The molecule has 0 bridgehead atoms. The highest BCUT2D eigenvalue weighted by molar-refractivity contribution is 7.14. The molecule has 6 nitrogen and oxygen atoms in total. The van der Waals surface area contributed by atoms with Crippen LogP contribution in [0, 0.1) is 0 Å². The van der Waals surface area contributed by atoms with E-state index in [9.17, 15) is 9.59 Å². The van der Waals surface area contributed by atoms with E-state index in [4.69, 9.17) is 9.47 Å². The Labute approximate surface area is 127 Å². The number of anilines is 1. The largest absolute Gasteiger partial charge is 0.376 e. The first-order valence-corrected chi connectivity index (χ1v) is 7.94. The Morgan fingerprint density at radius 1 is 1.57 bits per heavy atom. The Kier molecular flexibility index (Phi) is 5.84. The zero-order chi connectivity index (χ0) is 15.2. The van der Waals surface area contributed by atoms with Crippen molar-refractivity contribution < 1.29 is 19.1 Å². The summed E-state index contributed by atoms with van der Waals surface area (Å²) in [6.07, 6.45) is 2.71. The number of rotatable bonds is 6. The number of amides is 1. The van der Waals surface area contributed by atoms with Crippen LogP contribution in [0.1, 0.15) is 43.6 Å². The van der Waals surface area contributed by atoms with Crippen molar-refractivity contribution in [2.24, 2.45) is 0 Å². The summed E-state index contributed by atoms with van der Waals surface area (Å²) in [4.78, 5) is 27.2. The fourth-order valence-corrected chi connectivity index (χ4v) is 2.72. The molecule has 2 rings (SSSR count). The van der Waals surface area contributed by atoms with Gasteiger partial charge in [0.25, 0.3) is 5.91 Å². The number of hydrogen-bond donors (Lipinski definition) is 1. The van der Waals surface area contributed by atoms with Gasteiger partial charge in [-0.1, -0.05) is 0 Å². The molecule has 1 aromatic rings. The number of ether oxygens (including phenoxy) is 2. The number of nitrogens with zero attached hydrogens (tertiary/aromatic N) is 1. The summed E-state index contributed by atoms with van der Waals surface area (Å²) in [6, 6.07) is 0. The zero-order valence-corrected chi connectivity index (χ0v) is 13.1. The number of carbonyl (C=O) groups excluding carboxylic acids is 2. The molecule has 1 N–H and O–H groups in total. The highest BCUT2D eigenvalue weighted by Crippen LogP contribution is 2.17. The second-order valence-corrected chi connectivity index (χ2v) is 5.91. The molecule has 21 heavy (non-hydrogen) atoms. The molecule has 2 unspecified atom stereocenters. The van der Waals surface area contributed by atoms with Crippen molar-refractivity contribution in [3.8, 4) is 0 Å². The number of ketones is 1. The monoisotopic (exact) mass is 312 g/mol. The molecular weight excluding hydrogens is 292 g/mol. The normalized spacial score (nSPS) is 20.0. The molecule has 0 aromatic carbocycles. The highest BCUT2D eigenvalue weighted by Gasteiger charge is 2.19. The first-order chi connectivity index (χ1) is 10.1. The third kappa shape index (κ3) is 4.87. The van der Waals surface area contributed by atoms with E-state index in [1.54, 1.807) is 12.3 Å². The zero-order valence-electron chi connectivity index (χ0n) is 12.3. The van der Waals surface area contributed by atoms with Crippen molar-refractivity contribution >= 4 is 28.2 Å². The third-order valence-electron chi connectivity index (χ3n) is 3.27. The molecule has 2 heterocycles. The minimum absolute atomic E-state index is 0.0816. The molecule has 1 fully saturated rings. The lowest BCUT2D eigenvalue weighted by Gasteiger charge is -2.23. The Balaban J connectivity index is 1.77. The maximum absolute atomic E-state index is 12.0. The van der Waals surface area contributed by atoms with Crippen LogP contribution in [-0.4, -0.2) is 42.1 Å². The second-order valence-electron chi connectivity index (χ2n) is 5.05. The molecule has 1 aliphatic rings. The molecule has 0 saturated carbocycles. The molecule has 1 amide bonds. The fraction of sp³-hybridized carbons (Fsp3) is 0.643. The summed E-state index contributed by atoms with van der Waals surface area (Å²) in [7, 11) is 0. The van der Waals surface area contributed by atoms with Crippen LogP contribution in [0.3, 0.4) is 0 Å². The topological polar surface area (TPSA) is 77.5 Å². The van der Waals surface area contributed by atoms with Gasteiger partial charge in [0.2, 0.25) is 0 Å². The SMILES string of the molecule is CC(=O)c1csc(NC(=O)C(C)OCC2CCCCO2)n1. The van der Waals surface area contributed by atoms with Crippen LogP contribution < -0.4 is 5.32 Å². The summed E-state index contributed by atoms with van der Waals surface area (Å²) in [5.41, 5.74) is 0.361. The number of aromatic nitrogens is 1. The van der Waals surface area contributed by atoms with Gasteiger partial charge in [-0.2, -0.15) is 0 Å². The van der Waals surface area contributed by atoms with Gasteiger partial charge in [-0.3, -0.25) is 14.9 Å². The van der Waals surface area contributed by atoms with E-state index in [2.05, 4.69) is 10.3 Å². The average molecular weight is 312 g/mol. The van der Waals surface area contributed by atoms with Gasteiger partial charge in [-0.25, -0.2) is 4.98 Å². The molecule has 1 saturated heterocycles. The van der Waals surface area contributed by atoms with E-state index < -0.39 is 6.10 Å². The molecule has 0 radical (unpaired) electrons. The molecule has 7 heteroatoms. The van der Waals surface area contributed by atoms with Crippen molar-refractivity contribution in [3.63, 3.8) is 0 Å². The van der Waals surface area contributed by atoms with Gasteiger partial charge in [0.05, 0.1) is 12.7 Å². The molecule has 0 aliphatic carbocycles. The maximum Gasteiger partial charge on any atom is 0.254 e. The van der Waals surface area contributed by atoms with E-state index >= 15 is 0 Å². The Hall–Kier alpha value is -1.31. The van der Waals surface area contributed by atoms with Gasteiger partial charge in [-0.15, -0.1) is 11.3 Å². The molecule has 2 atom stereocenters. The summed E-state index contributed by atoms with van der Waals surface area (Å²) in [5.74, 6) is -0.388. The lowest BCUT2D eigenvalue weighted by molar-refractivity contribution is -0.130. The van der Waals surface area contributed by atoms with Crippen LogP contribution in [0.4, 0.5) is 5.13 Å². The van der Waals surface area contributed by atoms with Crippen LogP contribution >= 0.6 is 11.3 Å². The molecule has 116 valence electrons. The van der Waals surface area contributed by atoms with Crippen LogP contribution in [0.25, 0.3) is 0 Å². The quantitative estimate of drug-likeness (QED) is 0.815. The van der Waals surface area contributed by atoms with Crippen molar-refractivity contribution in [2.45, 2.75) is 45.3 Å². The second kappa shape index (κ2) is 7.63. The molecule has 0 spiro atoms. The van der Waals surface area contributed by atoms with Crippen LogP contribution in [0.2, 0.25) is 0 Å². The van der Waals surface area contributed by atoms with Crippen LogP contribution in [-0.2, 0) is 14.3 Å². The van der Waals surface area contributed by atoms with Gasteiger partial charge in [0, 0.05) is 18.9 Å². The van der Waals surface area contributed by atoms with Gasteiger partial charge in [0.1, 0.15) is 11.8 Å². The van der Waals surface area contributed by atoms with Gasteiger partial charge in [-0.05, 0) is 26.2 Å². The fourth-order valence-electron chi connectivity index (χ4n) is 1.97. The van der Waals surface area contributed by atoms with Crippen LogP contribution in [0.15, 0.2) is 5.38 Å². The van der Waals surface area contributed by atoms with Gasteiger partial charge >= 0.3 is 0 Å². The van der Waals surface area contributed by atoms with Crippen molar-refractivity contribution in [1.82, 2.24) is 4.98 Å². The minimum atomic E-state index is -0.583. The first kappa shape index (κ1) is 16.1. The lowest BCUT2D eigenvalue weighted by Crippen LogP contribution is -2.32. The smallest absolute Gasteiger partial charge is 0.254 e. The predicted octanol–water partition coefficient (Wildman–Crippen LogP) is 2.26. The Bertz CT molecular complexity index is 497. The predicted molar refractivity (Wildman–Crippen MR) is 79.8 cm³/mol. The van der Waals surface area contributed by atoms with E-state index in [0.29, 0.717) is 17.4 Å². The number of hydrogen-bond acceptors (Lipinski definition) is 6. The maximum atomic E-state index is 12.0. The lowest BCUT2D eigenvalue weighted by atomic mass is 10.1. The highest BCUT2D eigenvalue weighted by atomic mass is 32.1. The summed E-state index contributed by atoms with van der Waals surface area (Å²) >= 11 is 1.23. The summed E-state index contributed by atoms with van der Waals surface area (Å²) in [6.45, 7) is 4.32. The van der Waals surface area contributed by atoms with E-state index in [1.165, 1.54) is 18.3 Å². The number of carbonyl (C=O) groups is 2. The molecule has 1 aliphatic heterocycles. The number of nitrogens with one attached hydrogen (secondary N) is 1. The van der Waals surface area contributed by atoms with E-state index in [-0.39, 0.29) is 17.8 Å². The van der Waals surface area contributed by atoms with Gasteiger partial charge in [0.15, 0.2) is 10.9 Å². The van der Waals surface area contributed by atoms with Crippen molar-refractivity contribution in [3.05, 3.63) is 11.1 Å². The average Bonchev–Trinajstić information content (AvgIpc) is 2.94. The Morgan fingerprint density at radius 3 is 3.00 bits per heavy atom. The van der Waals surface area contributed by atoms with Gasteiger partial charge < -0.3 is 9.47 Å².